The zero-order valence-corrected chi connectivity index (χ0v) is 10.5. The fraction of sp³-hybridized carbons (Fsp3) is 0.545. The molecular weight excluding hydrogens is 228 g/mol. The molecule has 0 aliphatic rings. The Bertz CT molecular complexity index is 374. The fourth-order valence-electron chi connectivity index (χ4n) is 1.41. The summed E-state index contributed by atoms with van der Waals surface area (Å²) in [5, 5.41) is 9.70. The number of aliphatic hydroxyl groups excluding tert-OH is 1. The number of carbonyl (C=O) groups excluding carboxylic acids is 1. The second kappa shape index (κ2) is 5.37. The van der Waals surface area contributed by atoms with Gasteiger partial charge in [-0.1, -0.05) is 11.6 Å². The molecule has 16 heavy (non-hydrogen) atoms. The van der Waals surface area contributed by atoms with Crippen molar-refractivity contribution < 1.29 is 9.90 Å². The van der Waals surface area contributed by atoms with Gasteiger partial charge in [-0.15, -0.1) is 0 Å². The van der Waals surface area contributed by atoms with Crippen molar-refractivity contribution in [2.45, 2.75) is 19.4 Å². The number of nitrogens with zero attached hydrogens (tertiary/aromatic N) is 2. The van der Waals surface area contributed by atoms with Crippen LogP contribution in [-0.4, -0.2) is 40.2 Å². The molecule has 0 aliphatic carbocycles. The average molecular weight is 245 g/mol. The molecule has 1 rings (SSSR count). The van der Waals surface area contributed by atoms with Gasteiger partial charge in [-0.2, -0.15) is 0 Å². The van der Waals surface area contributed by atoms with E-state index in [1.165, 1.54) is 0 Å². The minimum Gasteiger partial charge on any atom is -0.393 e. The van der Waals surface area contributed by atoms with Crippen LogP contribution in [0, 0.1) is 0 Å². The van der Waals surface area contributed by atoms with Gasteiger partial charge in [0, 0.05) is 26.8 Å². The van der Waals surface area contributed by atoms with Crippen LogP contribution < -0.4 is 0 Å². The molecule has 0 radical (unpaired) electrons. The van der Waals surface area contributed by atoms with Crippen molar-refractivity contribution in [3.8, 4) is 0 Å². The van der Waals surface area contributed by atoms with Gasteiger partial charge in [0.2, 0.25) is 0 Å². The highest BCUT2D eigenvalue weighted by Crippen LogP contribution is 2.14. The Hall–Kier alpha value is -1.00. The molecule has 1 unspecified atom stereocenters. The summed E-state index contributed by atoms with van der Waals surface area (Å²) in [6.45, 7) is 2.23. The molecule has 1 aromatic rings. The van der Waals surface area contributed by atoms with Gasteiger partial charge in [0.15, 0.2) is 0 Å². The molecule has 0 fully saturated rings. The maximum absolute atomic E-state index is 12.0. The van der Waals surface area contributed by atoms with Crippen molar-refractivity contribution >= 4 is 17.5 Å². The maximum atomic E-state index is 12.0. The molecular formula is C11H17ClN2O2. The third kappa shape index (κ3) is 3.25. The number of rotatable bonds is 4. The van der Waals surface area contributed by atoms with E-state index in [0.29, 0.717) is 23.7 Å². The summed E-state index contributed by atoms with van der Waals surface area (Å²) in [7, 11) is 3.49. The van der Waals surface area contributed by atoms with Gasteiger partial charge in [0.1, 0.15) is 5.69 Å². The molecule has 90 valence electrons. The predicted octanol–water partition coefficient (Wildman–Crippen LogP) is 1.52. The van der Waals surface area contributed by atoms with Crippen LogP contribution in [0.5, 0.6) is 0 Å². The maximum Gasteiger partial charge on any atom is 0.270 e. The van der Waals surface area contributed by atoms with Crippen LogP contribution in [0.1, 0.15) is 23.8 Å². The first kappa shape index (κ1) is 13.1. The Morgan fingerprint density at radius 3 is 2.75 bits per heavy atom. The molecule has 1 aromatic heterocycles. The summed E-state index contributed by atoms with van der Waals surface area (Å²) < 4.78 is 1.70. The van der Waals surface area contributed by atoms with Crippen LogP contribution >= 0.6 is 11.6 Å². The summed E-state index contributed by atoms with van der Waals surface area (Å²) in [6, 6.07) is 1.64. The first-order valence-corrected chi connectivity index (χ1v) is 5.55. The molecule has 0 aliphatic heterocycles. The molecule has 0 saturated carbocycles. The lowest BCUT2D eigenvalue weighted by Crippen LogP contribution is -2.30. The van der Waals surface area contributed by atoms with E-state index >= 15 is 0 Å². The predicted molar refractivity (Wildman–Crippen MR) is 63.7 cm³/mol. The fourth-order valence-corrected chi connectivity index (χ4v) is 1.66. The monoisotopic (exact) mass is 244 g/mol. The lowest BCUT2D eigenvalue weighted by Gasteiger charge is -2.18. The van der Waals surface area contributed by atoms with E-state index < -0.39 is 6.10 Å². The standard InChI is InChI=1S/C11H17ClN2O2/c1-8(15)4-5-13(2)11(16)10-6-9(12)7-14(10)3/h6-8,15H,4-5H2,1-3H3. The summed E-state index contributed by atoms with van der Waals surface area (Å²) in [5.74, 6) is -0.0879. The number of aliphatic hydroxyl groups is 1. The topological polar surface area (TPSA) is 45.5 Å². The van der Waals surface area contributed by atoms with Crippen LogP contribution in [0.4, 0.5) is 0 Å². The Balaban J connectivity index is 2.67. The molecule has 0 spiro atoms. The minimum absolute atomic E-state index is 0.0879. The first-order chi connectivity index (χ1) is 7.41. The molecule has 1 atom stereocenters. The van der Waals surface area contributed by atoms with Crippen molar-refractivity contribution in [3.05, 3.63) is 23.0 Å². The number of hydrogen-bond acceptors (Lipinski definition) is 2. The largest absolute Gasteiger partial charge is 0.393 e. The molecule has 1 N–H and O–H groups in total. The van der Waals surface area contributed by atoms with E-state index in [-0.39, 0.29) is 5.91 Å². The van der Waals surface area contributed by atoms with Crippen molar-refractivity contribution in [2.75, 3.05) is 13.6 Å². The summed E-state index contributed by atoms with van der Waals surface area (Å²) in [6.07, 6.45) is 1.87. The number of amides is 1. The lowest BCUT2D eigenvalue weighted by molar-refractivity contribution is 0.0759. The van der Waals surface area contributed by atoms with Gasteiger partial charge in [-0.3, -0.25) is 4.79 Å². The Morgan fingerprint density at radius 2 is 2.31 bits per heavy atom. The van der Waals surface area contributed by atoms with Gasteiger partial charge in [0.05, 0.1) is 11.1 Å². The van der Waals surface area contributed by atoms with Crippen molar-refractivity contribution in [1.29, 1.82) is 0 Å². The molecule has 0 saturated heterocycles. The highest BCUT2D eigenvalue weighted by molar-refractivity contribution is 6.31. The Kier molecular flexibility index (Phi) is 4.38. The summed E-state index contributed by atoms with van der Waals surface area (Å²) in [5.41, 5.74) is 0.554. The van der Waals surface area contributed by atoms with Gasteiger partial charge in [-0.05, 0) is 19.4 Å². The van der Waals surface area contributed by atoms with Crippen molar-refractivity contribution in [1.82, 2.24) is 9.47 Å². The number of aromatic nitrogens is 1. The third-order valence-electron chi connectivity index (χ3n) is 2.42. The minimum atomic E-state index is -0.396. The highest BCUT2D eigenvalue weighted by atomic mass is 35.5. The van der Waals surface area contributed by atoms with Crippen molar-refractivity contribution in [2.24, 2.45) is 7.05 Å². The molecule has 5 heteroatoms. The van der Waals surface area contributed by atoms with Crippen LogP contribution in [0.3, 0.4) is 0 Å². The van der Waals surface area contributed by atoms with E-state index in [2.05, 4.69) is 0 Å². The Morgan fingerprint density at radius 1 is 1.69 bits per heavy atom. The number of carbonyl (C=O) groups is 1. The molecule has 0 bridgehead atoms. The quantitative estimate of drug-likeness (QED) is 0.873. The highest BCUT2D eigenvalue weighted by Gasteiger charge is 2.15. The van der Waals surface area contributed by atoms with Crippen LogP contribution in [-0.2, 0) is 7.05 Å². The van der Waals surface area contributed by atoms with E-state index in [0.717, 1.165) is 0 Å². The van der Waals surface area contributed by atoms with E-state index in [4.69, 9.17) is 16.7 Å². The molecule has 1 amide bonds. The van der Waals surface area contributed by atoms with E-state index in [9.17, 15) is 4.79 Å². The van der Waals surface area contributed by atoms with Gasteiger partial charge >= 0.3 is 0 Å². The number of hydrogen-bond donors (Lipinski definition) is 1. The second-order valence-electron chi connectivity index (χ2n) is 4.02. The molecule has 0 aromatic carbocycles. The molecule has 1 heterocycles. The van der Waals surface area contributed by atoms with E-state index in [1.807, 2.05) is 0 Å². The smallest absolute Gasteiger partial charge is 0.270 e. The van der Waals surface area contributed by atoms with Crippen LogP contribution in [0.25, 0.3) is 0 Å². The first-order valence-electron chi connectivity index (χ1n) is 5.17. The summed E-state index contributed by atoms with van der Waals surface area (Å²) in [4.78, 5) is 13.5. The Labute approximate surface area is 100 Å². The SMILES string of the molecule is CC(O)CCN(C)C(=O)c1cc(Cl)cn1C. The van der Waals surface area contributed by atoms with Crippen LogP contribution in [0.15, 0.2) is 12.3 Å². The lowest BCUT2D eigenvalue weighted by atomic mass is 10.2. The van der Waals surface area contributed by atoms with Gasteiger partial charge in [-0.25, -0.2) is 0 Å². The van der Waals surface area contributed by atoms with Crippen LogP contribution in [0.2, 0.25) is 5.02 Å². The van der Waals surface area contributed by atoms with E-state index in [1.54, 1.807) is 42.7 Å². The number of halogens is 1. The second-order valence-corrected chi connectivity index (χ2v) is 4.46. The normalized spacial score (nSPS) is 12.6. The zero-order chi connectivity index (χ0) is 12.3. The number of aryl methyl sites for hydroxylation is 1. The zero-order valence-electron chi connectivity index (χ0n) is 9.77. The van der Waals surface area contributed by atoms with Gasteiger partial charge < -0.3 is 14.6 Å². The average Bonchev–Trinajstić information content (AvgIpc) is 2.53. The van der Waals surface area contributed by atoms with Crippen molar-refractivity contribution in [3.63, 3.8) is 0 Å². The summed E-state index contributed by atoms with van der Waals surface area (Å²) >= 11 is 5.81. The van der Waals surface area contributed by atoms with Gasteiger partial charge in [0.25, 0.3) is 5.91 Å². The third-order valence-corrected chi connectivity index (χ3v) is 2.63. The molecule has 4 nitrogen and oxygen atoms in total.